The minimum atomic E-state index is -0.191. The second-order valence-electron chi connectivity index (χ2n) is 4.60. The predicted octanol–water partition coefficient (Wildman–Crippen LogP) is 3.17. The van der Waals surface area contributed by atoms with Gasteiger partial charge in [-0.1, -0.05) is 6.07 Å². The third kappa shape index (κ3) is 3.04. The second kappa shape index (κ2) is 5.84. The van der Waals surface area contributed by atoms with E-state index in [1.807, 2.05) is 31.6 Å². The molecule has 0 bridgehead atoms. The zero-order chi connectivity index (χ0) is 14.0. The third-order valence-electron chi connectivity index (χ3n) is 3.10. The molecule has 0 aliphatic carbocycles. The lowest BCUT2D eigenvalue weighted by Crippen LogP contribution is -2.09. The number of hydrogen-bond acceptors (Lipinski definition) is 2. The van der Waals surface area contributed by atoms with E-state index in [4.69, 9.17) is 0 Å². The molecule has 1 heterocycles. The Labute approximate surface area is 121 Å². The molecular weight excluding hydrogens is 309 g/mol. The summed E-state index contributed by atoms with van der Waals surface area (Å²) in [7, 11) is 1.88. The molecule has 2 aromatic rings. The van der Waals surface area contributed by atoms with Crippen LogP contribution in [0.4, 0.5) is 4.39 Å². The van der Waals surface area contributed by atoms with Gasteiger partial charge in [-0.3, -0.25) is 4.68 Å². The van der Waals surface area contributed by atoms with Crippen LogP contribution in [-0.2, 0) is 13.1 Å². The van der Waals surface area contributed by atoms with Crippen molar-refractivity contribution in [2.24, 2.45) is 0 Å². The maximum Gasteiger partial charge on any atom is 0.128 e. The molecule has 0 spiro atoms. The third-order valence-corrected chi connectivity index (χ3v) is 4.25. The van der Waals surface area contributed by atoms with Crippen molar-refractivity contribution in [3.8, 4) is 0 Å². The molecule has 3 nitrogen and oxygen atoms in total. The van der Waals surface area contributed by atoms with Gasteiger partial charge in [0, 0.05) is 12.1 Å². The van der Waals surface area contributed by atoms with Crippen LogP contribution in [0.25, 0.3) is 0 Å². The molecule has 0 aliphatic rings. The Balaban J connectivity index is 2.31. The normalized spacial score (nSPS) is 11.0. The average Bonchev–Trinajstić information content (AvgIpc) is 2.62. The van der Waals surface area contributed by atoms with Gasteiger partial charge in [-0.2, -0.15) is 5.10 Å². The van der Waals surface area contributed by atoms with Crippen LogP contribution in [-0.4, -0.2) is 16.8 Å². The highest BCUT2D eigenvalue weighted by atomic mass is 79.9. The quantitative estimate of drug-likeness (QED) is 0.935. The van der Waals surface area contributed by atoms with E-state index in [-0.39, 0.29) is 5.82 Å². The van der Waals surface area contributed by atoms with Gasteiger partial charge in [0.2, 0.25) is 0 Å². The van der Waals surface area contributed by atoms with Gasteiger partial charge in [-0.25, -0.2) is 4.39 Å². The van der Waals surface area contributed by atoms with E-state index in [0.29, 0.717) is 12.1 Å². The summed E-state index contributed by atoms with van der Waals surface area (Å²) < 4.78 is 16.7. The summed E-state index contributed by atoms with van der Waals surface area (Å²) >= 11 is 3.48. The SMILES string of the molecule is CNCc1ccc(F)c(Cn2nc(C)c(Br)c2C)c1. The van der Waals surface area contributed by atoms with Crippen LogP contribution in [0.5, 0.6) is 0 Å². The van der Waals surface area contributed by atoms with E-state index in [1.165, 1.54) is 6.07 Å². The van der Waals surface area contributed by atoms with Crippen molar-refractivity contribution in [3.63, 3.8) is 0 Å². The molecule has 0 unspecified atom stereocenters. The number of benzene rings is 1. The van der Waals surface area contributed by atoms with Crippen molar-refractivity contribution in [1.29, 1.82) is 0 Å². The van der Waals surface area contributed by atoms with Crippen molar-refractivity contribution in [2.45, 2.75) is 26.9 Å². The Morgan fingerprint density at radius 3 is 2.68 bits per heavy atom. The first-order valence-corrected chi connectivity index (χ1v) is 6.93. The Hall–Kier alpha value is -1.20. The molecule has 0 atom stereocenters. The van der Waals surface area contributed by atoms with Crippen LogP contribution in [0.1, 0.15) is 22.5 Å². The first-order chi connectivity index (χ1) is 9.02. The maximum atomic E-state index is 13.9. The fourth-order valence-corrected chi connectivity index (χ4v) is 2.34. The zero-order valence-electron chi connectivity index (χ0n) is 11.3. The monoisotopic (exact) mass is 325 g/mol. The zero-order valence-corrected chi connectivity index (χ0v) is 12.9. The van der Waals surface area contributed by atoms with Crippen molar-refractivity contribution in [3.05, 3.63) is 51.0 Å². The lowest BCUT2D eigenvalue weighted by atomic mass is 10.1. The number of hydrogen-bond donors (Lipinski definition) is 1. The smallest absolute Gasteiger partial charge is 0.128 e. The molecule has 1 N–H and O–H groups in total. The molecule has 5 heteroatoms. The predicted molar refractivity (Wildman–Crippen MR) is 77.7 cm³/mol. The van der Waals surface area contributed by atoms with Gasteiger partial charge in [0.1, 0.15) is 5.82 Å². The number of aryl methyl sites for hydroxylation is 1. The van der Waals surface area contributed by atoms with E-state index < -0.39 is 0 Å². The Morgan fingerprint density at radius 2 is 2.11 bits per heavy atom. The number of nitrogens with zero attached hydrogens (tertiary/aromatic N) is 2. The van der Waals surface area contributed by atoms with E-state index in [0.717, 1.165) is 28.0 Å². The summed E-state index contributed by atoms with van der Waals surface area (Å²) in [5, 5.41) is 7.48. The standard InChI is InChI=1S/C14H17BrFN3/c1-9-14(15)10(2)19(18-9)8-12-6-11(7-17-3)4-5-13(12)16/h4-6,17H,7-8H2,1-3H3. The molecule has 0 radical (unpaired) electrons. The van der Waals surface area contributed by atoms with Crippen LogP contribution >= 0.6 is 15.9 Å². The van der Waals surface area contributed by atoms with Crippen LogP contribution < -0.4 is 5.32 Å². The van der Waals surface area contributed by atoms with E-state index in [1.54, 1.807) is 6.07 Å². The lowest BCUT2D eigenvalue weighted by molar-refractivity contribution is 0.577. The molecule has 1 aromatic heterocycles. The van der Waals surface area contributed by atoms with Crippen LogP contribution in [0, 0.1) is 19.7 Å². The van der Waals surface area contributed by atoms with Gasteiger partial charge in [-0.15, -0.1) is 0 Å². The topological polar surface area (TPSA) is 29.9 Å². The van der Waals surface area contributed by atoms with Gasteiger partial charge in [0.25, 0.3) is 0 Å². The molecule has 1 aromatic carbocycles. The minimum Gasteiger partial charge on any atom is -0.316 e. The van der Waals surface area contributed by atoms with E-state index >= 15 is 0 Å². The van der Waals surface area contributed by atoms with Gasteiger partial charge in [0.15, 0.2) is 0 Å². The Kier molecular flexibility index (Phi) is 4.37. The summed E-state index contributed by atoms with van der Waals surface area (Å²) in [6, 6.07) is 5.20. The Bertz CT molecular complexity index is 593. The number of halogens is 2. The van der Waals surface area contributed by atoms with Crippen LogP contribution in [0.15, 0.2) is 22.7 Å². The van der Waals surface area contributed by atoms with Crippen molar-refractivity contribution in [1.82, 2.24) is 15.1 Å². The molecule has 19 heavy (non-hydrogen) atoms. The lowest BCUT2D eigenvalue weighted by Gasteiger charge is -2.08. The van der Waals surface area contributed by atoms with E-state index in [9.17, 15) is 4.39 Å². The molecule has 0 saturated heterocycles. The molecule has 0 aliphatic heterocycles. The second-order valence-corrected chi connectivity index (χ2v) is 5.39. The highest BCUT2D eigenvalue weighted by Crippen LogP contribution is 2.21. The number of nitrogens with one attached hydrogen (secondary N) is 1. The highest BCUT2D eigenvalue weighted by Gasteiger charge is 2.11. The van der Waals surface area contributed by atoms with Gasteiger partial charge < -0.3 is 5.32 Å². The molecule has 0 amide bonds. The first kappa shape index (κ1) is 14.2. The molecule has 102 valence electrons. The molecule has 0 fully saturated rings. The summed E-state index contributed by atoms with van der Waals surface area (Å²) in [6.07, 6.45) is 0. The van der Waals surface area contributed by atoms with Gasteiger partial charge >= 0.3 is 0 Å². The minimum absolute atomic E-state index is 0.191. The van der Waals surface area contributed by atoms with Gasteiger partial charge in [0.05, 0.1) is 22.4 Å². The number of aromatic nitrogens is 2. The fourth-order valence-electron chi connectivity index (χ4n) is 2.05. The van der Waals surface area contributed by atoms with E-state index in [2.05, 4.69) is 26.3 Å². The summed E-state index contributed by atoms with van der Waals surface area (Å²) in [4.78, 5) is 0. The number of rotatable bonds is 4. The molecule has 2 rings (SSSR count). The Morgan fingerprint density at radius 1 is 1.37 bits per heavy atom. The van der Waals surface area contributed by atoms with Crippen molar-refractivity contribution < 1.29 is 4.39 Å². The van der Waals surface area contributed by atoms with Gasteiger partial charge in [-0.05, 0) is 54.5 Å². The summed E-state index contributed by atoms with van der Waals surface area (Å²) in [5.74, 6) is -0.191. The largest absolute Gasteiger partial charge is 0.316 e. The molecular formula is C14H17BrFN3. The maximum absolute atomic E-state index is 13.9. The summed E-state index contributed by atoms with van der Waals surface area (Å²) in [6.45, 7) is 5.08. The van der Waals surface area contributed by atoms with Crippen LogP contribution in [0.3, 0.4) is 0 Å². The fraction of sp³-hybridized carbons (Fsp3) is 0.357. The highest BCUT2D eigenvalue weighted by molar-refractivity contribution is 9.10. The molecule has 0 saturated carbocycles. The van der Waals surface area contributed by atoms with Crippen molar-refractivity contribution >= 4 is 15.9 Å². The van der Waals surface area contributed by atoms with Crippen molar-refractivity contribution in [2.75, 3.05) is 7.05 Å². The first-order valence-electron chi connectivity index (χ1n) is 6.14. The summed E-state index contributed by atoms with van der Waals surface area (Å²) in [5.41, 5.74) is 3.66. The average molecular weight is 326 g/mol. The van der Waals surface area contributed by atoms with Crippen LogP contribution in [0.2, 0.25) is 0 Å².